The van der Waals surface area contributed by atoms with E-state index in [9.17, 15) is 14.3 Å². The maximum Gasteiger partial charge on any atom is 0.255 e. The molecule has 1 fully saturated rings. The van der Waals surface area contributed by atoms with E-state index >= 15 is 0 Å². The summed E-state index contributed by atoms with van der Waals surface area (Å²) in [7, 11) is 1.55. The fourth-order valence-corrected chi connectivity index (χ4v) is 3.36. The van der Waals surface area contributed by atoms with Crippen molar-refractivity contribution in [2.24, 2.45) is 7.05 Å². The van der Waals surface area contributed by atoms with E-state index in [1.54, 1.807) is 17.8 Å². The van der Waals surface area contributed by atoms with Crippen molar-refractivity contribution in [1.82, 2.24) is 14.3 Å². The Hall–Kier alpha value is -2.31. The highest BCUT2D eigenvalue weighted by molar-refractivity contribution is 5.47. The molecule has 3 heterocycles. The Morgan fingerprint density at radius 1 is 1.33 bits per heavy atom. The van der Waals surface area contributed by atoms with Crippen LogP contribution in [0.15, 0.2) is 23.1 Å². The van der Waals surface area contributed by atoms with Crippen LogP contribution in [0, 0.1) is 5.82 Å². The van der Waals surface area contributed by atoms with Gasteiger partial charge in [-0.2, -0.15) is 0 Å². The summed E-state index contributed by atoms with van der Waals surface area (Å²) in [6.07, 6.45) is 2.84. The maximum atomic E-state index is 13.8. The molecule has 1 aliphatic heterocycles. The maximum absolute atomic E-state index is 13.8. The number of aryl methyl sites for hydroxylation is 1. The van der Waals surface area contributed by atoms with E-state index in [-0.39, 0.29) is 23.0 Å². The lowest BCUT2D eigenvalue weighted by molar-refractivity contribution is 0.337. The second kappa shape index (κ2) is 5.65. The highest BCUT2D eigenvalue weighted by Gasteiger charge is 2.33. The Balaban J connectivity index is 2.09. The molecule has 1 atom stereocenters. The molecule has 0 spiro atoms. The van der Waals surface area contributed by atoms with Gasteiger partial charge in [-0.1, -0.05) is 0 Å². The second-order valence-electron chi connectivity index (χ2n) is 7.32. The highest BCUT2D eigenvalue weighted by atomic mass is 19.1. The predicted molar refractivity (Wildman–Crippen MR) is 89.8 cm³/mol. The van der Waals surface area contributed by atoms with Crippen molar-refractivity contribution in [3.05, 3.63) is 40.1 Å². The Morgan fingerprint density at radius 2 is 2.04 bits per heavy atom. The Labute approximate surface area is 140 Å². The van der Waals surface area contributed by atoms with Gasteiger partial charge in [-0.3, -0.25) is 4.79 Å². The lowest BCUT2D eigenvalue weighted by Gasteiger charge is -2.31. The lowest BCUT2D eigenvalue weighted by atomic mass is 10.1. The summed E-state index contributed by atoms with van der Waals surface area (Å²) in [4.78, 5) is 14.5. The molecule has 1 aliphatic rings. The first-order valence-electron chi connectivity index (χ1n) is 8.10. The summed E-state index contributed by atoms with van der Waals surface area (Å²) in [5.41, 5.74) is -0.0772. The van der Waals surface area contributed by atoms with Gasteiger partial charge in [-0.05, 0) is 39.7 Å². The molecule has 24 heavy (non-hydrogen) atoms. The summed E-state index contributed by atoms with van der Waals surface area (Å²) in [5.74, 6) is 0.262. The summed E-state index contributed by atoms with van der Waals surface area (Å²) in [5, 5.41) is 14.1. The fourth-order valence-electron chi connectivity index (χ4n) is 3.36. The molecule has 0 amide bonds. The minimum absolute atomic E-state index is 0.0577. The molecule has 0 saturated carbocycles. The van der Waals surface area contributed by atoms with Crippen molar-refractivity contribution in [3.8, 4) is 5.88 Å². The summed E-state index contributed by atoms with van der Waals surface area (Å²) >= 11 is 0. The van der Waals surface area contributed by atoms with E-state index in [1.165, 1.54) is 16.8 Å². The van der Waals surface area contributed by atoms with Gasteiger partial charge in [-0.15, -0.1) is 5.10 Å². The van der Waals surface area contributed by atoms with Crippen molar-refractivity contribution in [3.63, 3.8) is 0 Å². The van der Waals surface area contributed by atoms with E-state index < -0.39 is 5.82 Å². The van der Waals surface area contributed by atoms with Crippen molar-refractivity contribution in [1.29, 1.82) is 0 Å². The third-order valence-corrected chi connectivity index (χ3v) is 4.40. The average Bonchev–Trinajstić information content (AvgIpc) is 3.08. The average molecular weight is 334 g/mol. The minimum Gasteiger partial charge on any atom is -0.492 e. The minimum atomic E-state index is -0.425. The van der Waals surface area contributed by atoms with Crippen LogP contribution in [-0.2, 0) is 12.6 Å². The zero-order valence-electron chi connectivity index (χ0n) is 14.5. The van der Waals surface area contributed by atoms with Gasteiger partial charge in [0.15, 0.2) is 0 Å². The molecule has 7 heteroatoms. The number of nitrogens with zero attached hydrogens (tertiary/aromatic N) is 4. The zero-order chi connectivity index (χ0) is 17.6. The van der Waals surface area contributed by atoms with Crippen LogP contribution in [0.4, 0.5) is 10.2 Å². The molecule has 1 unspecified atom stereocenters. The molecular formula is C17H23FN4O2. The first-order chi connectivity index (χ1) is 11.2. The van der Waals surface area contributed by atoms with E-state index in [2.05, 4.69) is 5.10 Å². The number of halogens is 1. The molecule has 1 saturated heterocycles. The number of pyridine rings is 1. The van der Waals surface area contributed by atoms with Crippen LogP contribution < -0.4 is 10.5 Å². The van der Waals surface area contributed by atoms with E-state index in [1.807, 2.05) is 25.7 Å². The number of aromatic nitrogens is 3. The van der Waals surface area contributed by atoms with Gasteiger partial charge < -0.3 is 14.6 Å². The van der Waals surface area contributed by atoms with Crippen LogP contribution in [0.5, 0.6) is 5.88 Å². The smallest absolute Gasteiger partial charge is 0.255 e. The Morgan fingerprint density at radius 3 is 2.71 bits per heavy atom. The van der Waals surface area contributed by atoms with Crippen LogP contribution in [0.2, 0.25) is 0 Å². The monoisotopic (exact) mass is 334 g/mol. The first kappa shape index (κ1) is 16.5. The van der Waals surface area contributed by atoms with Gasteiger partial charge in [0.2, 0.25) is 5.88 Å². The highest BCUT2D eigenvalue weighted by Crippen LogP contribution is 2.38. The van der Waals surface area contributed by atoms with Crippen LogP contribution in [0.25, 0.3) is 0 Å². The number of rotatable bonds is 2. The van der Waals surface area contributed by atoms with Gasteiger partial charge in [0, 0.05) is 31.4 Å². The molecule has 2 aromatic heterocycles. The first-order valence-corrected chi connectivity index (χ1v) is 8.10. The number of hydrogen-bond donors (Lipinski definition) is 1. The number of aromatic hydroxyl groups is 1. The fraction of sp³-hybridized carbons (Fsp3) is 0.529. The van der Waals surface area contributed by atoms with Gasteiger partial charge in [0.25, 0.3) is 5.56 Å². The van der Waals surface area contributed by atoms with Crippen LogP contribution in [0.3, 0.4) is 0 Å². The van der Waals surface area contributed by atoms with E-state index in [0.717, 1.165) is 25.2 Å². The Bertz CT molecular complexity index is 819. The van der Waals surface area contributed by atoms with Crippen molar-refractivity contribution in [2.75, 3.05) is 11.4 Å². The molecule has 1 N–H and O–H groups in total. The third kappa shape index (κ3) is 2.79. The van der Waals surface area contributed by atoms with Gasteiger partial charge in [0.05, 0.1) is 11.6 Å². The SMILES string of the molecule is Cn1cc(F)cc(C2CCCN2c2cc(O)nn2C(C)(C)C)c1=O. The second-order valence-corrected chi connectivity index (χ2v) is 7.32. The molecule has 6 nitrogen and oxygen atoms in total. The normalized spacial score (nSPS) is 18.4. The molecule has 2 aromatic rings. The molecule has 0 aliphatic carbocycles. The third-order valence-electron chi connectivity index (χ3n) is 4.40. The molecule has 0 radical (unpaired) electrons. The number of anilines is 1. The van der Waals surface area contributed by atoms with Crippen LogP contribution in [0.1, 0.15) is 45.2 Å². The summed E-state index contributed by atoms with van der Waals surface area (Å²) in [6, 6.07) is 2.70. The largest absolute Gasteiger partial charge is 0.492 e. The van der Waals surface area contributed by atoms with Crippen LogP contribution >= 0.6 is 0 Å². The predicted octanol–water partition coefficient (Wildman–Crippen LogP) is 2.52. The summed E-state index contributed by atoms with van der Waals surface area (Å²) < 4.78 is 16.9. The topological polar surface area (TPSA) is 63.3 Å². The quantitative estimate of drug-likeness (QED) is 0.917. The molecular weight excluding hydrogens is 311 g/mol. The lowest BCUT2D eigenvalue weighted by Crippen LogP contribution is -2.34. The Kier molecular flexibility index (Phi) is 3.89. The molecule has 130 valence electrons. The zero-order valence-corrected chi connectivity index (χ0v) is 14.5. The van der Waals surface area contributed by atoms with Crippen molar-refractivity contribution >= 4 is 5.82 Å². The van der Waals surface area contributed by atoms with Crippen molar-refractivity contribution in [2.45, 2.75) is 45.2 Å². The van der Waals surface area contributed by atoms with Gasteiger partial charge in [-0.25, -0.2) is 9.07 Å². The van der Waals surface area contributed by atoms with Crippen LogP contribution in [-0.4, -0.2) is 26.0 Å². The van der Waals surface area contributed by atoms with Gasteiger partial charge >= 0.3 is 0 Å². The van der Waals surface area contributed by atoms with Crippen molar-refractivity contribution < 1.29 is 9.50 Å². The molecule has 0 bridgehead atoms. The summed E-state index contributed by atoms with van der Waals surface area (Å²) in [6.45, 7) is 6.71. The number of hydrogen-bond acceptors (Lipinski definition) is 4. The molecule has 3 rings (SSSR count). The van der Waals surface area contributed by atoms with E-state index in [4.69, 9.17) is 0 Å². The van der Waals surface area contributed by atoms with Gasteiger partial charge in [0.1, 0.15) is 11.6 Å². The standard InChI is InChI=1S/C17H23FN4O2/c1-17(2,3)22-15(9-14(23)19-22)21-7-5-6-13(21)12-8-11(18)10-20(4)16(12)24/h8-10,13H,5-7H2,1-4H3,(H,19,23). The van der Waals surface area contributed by atoms with E-state index in [0.29, 0.717) is 5.56 Å². The molecule has 0 aromatic carbocycles.